The zero-order valence-electron chi connectivity index (χ0n) is 11.3. The van der Waals surface area contributed by atoms with E-state index in [2.05, 4.69) is 11.7 Å². The molecule has 0 aliphatic carbocycles. The van der Waals surface area contributed by atoms with Gasteiger partial charge >= 0.3 is 12.1 Å². The Morgan fingerprint density at radius 2 is 1.53 bits per heavy atom. The molecule has 0 aromatic carbocycles. The highest BCUT2D eigenvalue weighted by Crippen LogP contribution is 2.23. The number of hydrogen-bond donors (Lipinski definition) is 1. The second-order valence-electron chi connectivity index (χ2n) is 4.61. The van der Waals surface area contributed by atoms with Crippen LogP contribution in [0.25, 0.3) is 0 Å². The molecule has 6 heteroatoms. The second kappa shape index (κ2) is 10.1. The van der Waals surface area contributed by atoms with Gasteiger partial charge in [0.2, 0.25) is 0 Å². The van der Waals surface area contributed by atoms with E-state index in [1.165, 1.54) is 19.3 Å². The van der Waals surface area contributed by atoms with Gasteiger partial charge in [-0.05, 0) is 6.42 Å². The smallest absolute Gasteiger partial charge is 0.425 e. The zero-order valence-corrected chi connectivity index (χ0v) is 11.3. The van der Waals surface area contributed by atoms with Gasteiger partial charge in [-0.2, -0.15) is 13.2 Å². The fraction of sp³-hybridized carbons (Fsp3) is 0.923. The third-order valence-corrected chi connectivity index (χ3v) is 2.80. The van der Waals surface area contributed by atoms with Gasteiger partial charge in [-0.15, -0.1) is 0 Å². The van der Waals surface area contributed by atoms with Crippen LogP contribution in [0, 0.1) is 0 Å². The number of rotatable bonds is 11. The number of ether oxygens (including phenoxy) is 1. The number of unbranched alkanes of at least 4 members (excludes halogenated alkanes) is 7. The van der Waals surface area contributed by atoms with Crippen molar-refractivity contribution in [2.24, 2.45) is 0 Å². The lowest BCUT2D eigenvalue weighted by molar-refractivity contribution is -0.227. The first-order chi connectivity index (χ1) is 8.89. The number of hydrogen-bond acceptors (Lipinski definition) is 2. The molecule has 19 heavy (non-hydrogen) atoms. The Morgan fingerprint density at radius 3 is 1.95 bits per heavy atom. The van der Waals surface area contributed by atoms with E-state index in [9.17, 15) is 18.0 Å². The van der Waals surface area contributed by atoms with Crippen LogP contribution < -0.4 is 0 Å². The van der Waals surface area contributed by atoms with Crippen molar-refractivity contribution in [3.63, 3.8) is 0 Å². The summed E-state index contributed by atoms with van der Waals surface area (Å²) in [7, 11) is 0. The summed E-state index contributed by atoms with van der Waals surface area (Å²) in [6, 6.07) is 0. The number of aliphatic carboxylic acids is 1. The first kappa shape index (κ1) is 18.2. The molecule has 0 amide bonds. The van der Waals surface area contributed by atoms with E-state index in [1.54, 1.807) is 0 Å². The second-order valence-corrected chi connectivity index (χ2v) is 4.61. The summed E-state index contributed by atoms with van der Waals surface area (Å²) in [5.74, 6) is -1.98. The molecule has 3 nitrogen and oxygen atoms in total. The monoisotopic (exact) mass is 284 g/mol. The van der Waals surface area contributed by atoms with Crippen LogP contribution in [0.5, 0.6) is 0 Å². The van der Waals surface area contributed by atoms with Crippen molar-refractivity contribution in [3.8, 4) is 0 Å². The molecule has 0 saturated carbocycles. The molecule has 0 saturated heterocycles. The Morgan fingerprint density at radius 1 is 1.05 bits per heavy atom. The summed E-state index contributed by atoms with van der Waals surface area (Å²) in [5.41, 5.74) is 0. The average molecular weight is 284 g/mol. The Labute approximate surface area is 112 Å². The highest BCUT2D eigenvalue weighted by molar-refractivity contribution is 5.73. The first-order valence-corrected chi connectivity index (χ1v) is 6.80. The standard InChI is InChI=1S/C13H23F3O3/c1-2-3-4-5-6-7-8-9-10-19-11(12(17)18)13(14,15)16/h11H,2-10H2,1H3,(H,17,18). The van der Waals surface area contributed by atoms with Crippen molar-refractivity contribution >= 4 is 5.97 Å². The van der Waals surface area contributed by atoms with Gasteiger partial charge in [-0.1, -0.05) is 51.9 Å². The van der Waals surface area contributed by atoms with Crippen molar-refractivity contribution in [2.75, 3.05) is 6.61 Å². The largest absolute Gasteiger partial charge is 0.479 e. The number of halogens is 3. The molecule has 0 spiro atoms. The maximum Gasteiger partial charge on any atom is 0.425 e. The molecule has 0 radical (unpaired) electrons. The molecule has 0 aliphatic heterocycles. The maximum absolute atomic E-state index is 12.2. The lowest BCUT2D eigenvalue weighted by atomic mass is 10.1. The van der Waals surface area contributed by atoms with Crippen LogP contribution in [-0.2, 0) is 9.53 Å². The predicted molar refractivity (Wildman–Crippen MR) is 66.0 cm³/mol. The number of alkyl halides is 3. The molecule has 1 unspecified atom stereocenters. The highest BCUT2D eigenvalue weighted by atomic mass is 19.4. The summed E-state index contributed by atoms with van der Waals surface area (Å²) in [6.07, 6.45) is 0.472. The van der Waals surface area contributed by atoms with Crippen LogP contribution in [0.2, 0.25) is 0 Å². The summed E-state index contributed by atoms with van der Waals surface area (Å²) >= 11 is 0. The average Bonchev–Trinajstić information content (AvgIpc) is 2.29. The van der Waals surface area contributed by atoms with Gasteiger partial charge < -0.3 is 9.84 Å². The van der Waals surface area contributed by atoms with Crippen molar-refractivity contribution in [2.45, 2.75) is 70.6 Å². The van der Waals surface area contributed by atoms with Crippen molar-refractivity contribution in [1.82, 2.24) is 0 Å². The molecule has 0 heterocycles. The van der Waals surface area contributed by atoms with Gasteiger partial charge in [0.15, 0.2) is 0 Å². The van der Waals surface area contributed by atoms with Crippen LogP contribution in [-0.4, -0.2) is 30.0 Å². The van der Waals surface area contributed by atoms with E-state index in [1.807, 2.05) is 0 Å². The van der Waals surface area contributed by atoms with E-state index in [-0.39, 0.29) is 6.61 Å². The Hall–Kier alpha value is -0.780. The minimum atomic E-state index is -4.84. The molecule has 0 bridgehead atoms. The summed E-state index contributed by atoms with van der Waals surface area (Å²) in [4.78, 5) is 10.4. The quantitative estimate of drug-likeness (QED) is 0.579. The Balaban J connectivity index is 3.54. The van der Waals surface area contributed by atoms with E-state index in [0.717, 1.165) is 25.7 Å². The van der Waals surface area contributed by atoms with Gasteiger partial charge in [0, 0.05) is 6.61 Å². The molecule has 114 valence electrons. The number of carbonyl (C=O) groups is 1. The van der Waals surface area contributed by atoms with Crippen LogP contribution in [0.3, 0.4) is 0 Å². The van der Waals surface area contributed by atoms with Gasteiger partial charge in [0.25, 0.3) is 6.10 Å². The zero-order chi connectivity index (χ0) is 14.7. The summed E-state index contributed by atoms with van der Waals surface area (Å²) in [5, 5.41) is 8.39. The lowest BCUT2D eigenvalue weighted by Crippen LogP contribution is -2.39. The summed E-state index contributed by atoms with van der Waals surface area (Å²) in [6.45, 7) is 1.97. The first-order valence-electron chi connectivity index (χ1n) is 6.80. The fourth-order valence-electron chi connectivity index (χ4n) is 1.74. The molecule has 0 fully saturated rings. The van der Waals surface area contributed by atoms with E-state index in [0.29, 0.717) is 6.42 Å². The molecule has 0 aromatic rings. The van der Waals surface area contributed by atoms with Crippen LogP contribution in [0.4, 0.5) is 13.2 Å². The minimum Gasteiger partial charge on any atom is -0.479 e. The van der Waals surface area contributed by atoms with Crippen LogP contribution >= 0.6 is 0 Å². The minimum absolute atomic E-state index is 0.161. The molecule has 0 aliphatic rings. The normalized spacial score (nSPS) is 13.5. The molecule has 1 N–H and O–H groups in total. The Kier molecular flexibility index (Phi) is 9.65. The van der Waals surface area contributed by atoms with Crippen molar-refractivity contribution < 1.29 is 27.8 Å². The van der Waals surface area contributed by atoms with Crippen molar-refractivity contribution in [3.05, 3.63) is 0 Å². The van der Waals surface area contributed by atoms with Crippen molar-refractivity contribution in [1.29, 1.82) is 0 Å². The SMILES string of the molecule is CCCCCCCCCCOC(C(=O)O)C(F)(F)F. The van der Waals surface area contributed by atoms with Crippen LogP contribution in [0.15, 0.2) is 0 Å². The summed E-state index contributed by atoms with van der Waals surface area (Å²) < 4.78 is 41.0. The van der Waals surface area contributed by atoms with E-state index < -0.39 is 18.2 Å². The topological polar surface area (TPSA) is 46.5 Å². The molecule has 0 aromatic heterocycles. The molecular weight excluding hydrogens is 261 g/mol. The van der Waals surface area contributed by atoms with E-state index >= 15 is 0 Å². The van der Waals surface area contributed by atoms with Gasteiger partial charge in [0.1, 0.15) is 0 Å². The third kappa shape index (κ3) is 9.76. The third-order valence-electron chi connectivity index (χ3n) is 2.80. The van der Waals surface area contributed by atoms with Crippen LogP contribution in [0.1, 0.15) is 58.3 Å². The van der Waals surface area contributed by atoms with Gasteiger partial charge in [0.05, 0.1) is 0 Å². The predicted octanol–water partition coefficient (Wildman–Crippen LogP) is 4.16. The van der Waals surface area contributed by atoms with Gasteiger partial charge in [-0.3, -0.25) is 0 Å². The number of carboxylic acid groups (broad SMARTS) is 1. The van der Waals surface area contributed by atoms with E-state index in [4.69, 9.17) is 5.11 Å². The highest BCUT2D eigenvalue weighted by Gasteiger charge is 2.46. The number of carboxylic acids is 1. The Bertz CT molecular complexity index is 242. The lowest BCUT2D eigenvalue weighted by Gasteiger charge is -2.16. The fourth-order valence-corrected chi connectivity index (χ4v) is 1.74. The maximum atomic E-state index is 12.2. The molecular formula is C13H23F3O3. The molecule has 1 atom stereocenters. The molecule has 0 rings (SSSR count). The van der Waals surface area contributed by atoms with Gasteiger partial charge in [-0.25, -0.2) is 4.79 Å².